The summed E-state index contributed by atoms with van der Waals surface area (Å²) in [5.74, 6) is 4.12. The van der Waals surface area contributed by atoms with Crippen LogP contribution in [0.15, 0.2) is 18.2 Å². The lowest BCUT2D eigenvalue weighted by Crippen LogP contribution is -2.48. The Morgan fingerprint density at radius 3 is 2.67 bits per heavy atom. The number of carbonyl (C=O) groups excluding carboxylic acids is 1. The van der Waals surface area contributed by atoms with Crippen LogP contribution in [0.25, 0.3) is 0 Å². The molecule has 0 bridgehead atoms. The molecule has 1 fully saturated rings. The molecule has 1 amide bonds. The minimum atomic E-state index is -0.559. The summed E-state index contributed by atoms with van der Waals surface area (Å²) >= 11 is 0. The molecule has 2 unspecified atom stereocenters. The summed E-state index contributed by atoms with van der Waals surface area (Å²) in [5.41, 5.74) is 0.465. The lowest BCUT2D eigenvalue weighted by atomic mass is 10.1. The first-order valence-corrected chi connectivity index (χ1v) is 6.85. The SMILES string of the molecule is CC1CN(C(=O)c2ccc(C#CCO)c(F)c2)CC(C)O1. The van der Waals surface area contributed by atoms with Gasteiger partial charge in [0.1, 0.15) is 12.4 Å². The van der Waals surface area contributed by atoms with Gasteiger partial charge in [-0.05, 0) is 32.0 Å². The molecule has 1 aliphatic rings. The van der Waals surface area contributed by atoms with Gasteiger partial charge in [-0.3, -0.25) is 4.79 Å². The first kappa shape index (κ1) is 15.5. The fourth-order valence-corrected chi connectivity index (χ4v) is 2.41. The van der Waals surface area contributed by atoms with Gasteiger partial charge in [-0.1, -0.05) is 11.8 Å². The highest BCUT2D eigenvalue weighted by Gasteiger charge is 2.26. The first-order valence-electron chi connectivity index (χ1n) is 6.85. The van der Waals surface area contributed by atoms with Crippen LogP contribution in [-0.4, -0.2) is 47.8 Å². The maximum absolute atomic E-state index is 13.9. The minimum Gasteiger partial charge on any atom is -0.384 e. The lowest BCUT2D eigenvalue weighted by molar-refractivity contribution is -0.0586. The Labute approximate surface area is 123 Å². The molecule has 1 heterocycles. The van der Waals surface area contributed by atoms with E-state index in [1.165, 1.54) is 12.1 Å². The van der Waals surface area contributed by atoms with E-state index < -0.39 is 5.82 Å². The summed E-state index contributed by atoms with van der Waals surface area (Å²) < 4.78 is 19.5. The monoisotopic (exact) mass is 291 g/mol. The molecule has 112 valence electrons. The van der Waals surface area contributed by atoms with Gasteiger partial charge in [-0.2, -0.15) is 0 Å². The molecule has 1 aliphatic heterocycles. The summed E-state index contributed by atoms with van der Waals surface area (Å²) in [5, 5.41) is 8.61. The van der Waals surface area contributed by atoms with Gasteiger partial charge in [0.25, 0.3) is 5.91 Å². The minimum absolute atomic E-state index is 0.0303. The molecule has 5 heteroatoms. The molecule has 0 radical (unpaired) electrons. The van der Waals surface area contributed by atoms with Crippen molar-refractivity contribution in [3.05, 3.63) is 35.1 Å². The number of benzene rings is 1. The second kappa shape index (κ2) is 6.70. The average Bonchev–Trinajstić information content (AvgIpc) is 2.44. The molecular formula is C16H18FNO3. The predicted octanol–water partition coefficient (Wildman–Crippen LogP) is 1.42. The number of aliphatic hydroxyl groups is 1. The van der Waals surface area contributed by atoms with Crippen molar-refractivity contribution in [2.75, 3.05) is 19.7 Å². The maximum Gasteiger partial charge on any atom is 0.254 e. The first-order chi connectivity index (χ1) is 10.0. The fourth-order valence-electron chi connectivity index (χ4n) is 2.41. The molecule has 0 aliphatic carbocycles. The molecule has 1 aromatic rings. The number of halogens is 1. The Morgan fingerprint density at radius 2 is 2.10 bits per heavy atom. The van der Waals surface area contributed by atoms with Crippen LogP contribution < -0.4 is 0 Å². The molecule has 0 aromatic heterocycles. The molecule has 1 saturated heterocycles. The fraction of sp³-hybridized carbons (Fsp3) is 0.438. The molecule has 2 atom stereocenters. The van der Waals surface area contributed by atoms with E-state index >= 15 is 0 Å². The lowest BCUT2D eigenvalue weighted by Gasteiger charge is -2.35. The van der Waals surface area contributed by atoms with Gasteiger partial charge in [0.05, 0.1) is 17.8 Å². The summed E-state index contributed by atoms with van der Waals surface area (Å²) in [4.78, 5) is 14.1. The highest BCUT2D eigenvalue weighted by molar-refractivity contribution is 5.94. The number of hydrogen-bond donors (Lipinski definition) is 1. The van der Waals surface area contributed by atoms with Crippen LogP contribution in [-0.2, 0) is 4.74 Å². The topological polar surface area (TPSA) is 49.8 Å². The second-order valence-electron chi connectivity index (χ2n) is 5.12. The molecule has 1 N–H and O–H groups in total. The highest BCUT2D eigenvalue weighted by atomic mass is 19.1. The van der Waals surface area contributed by atoms with Crippen molar-refractivity contribution in [3.63, 3.8) is 0 Å². The quantitative estimate of drug-likeness (QED) is 0.796. The van der Waals surface area contributed by atoms with Crippen molar-refractivity contribution < 1.29 is 19.0 Å². The Morgan fingerprint density at radius 1 is 1.43 bits per heavy atom. The van der Waals surface area contributed by atoms with Crippen molar-refractivity contribution in [2.24, 2.45) is 0 Å². The number of carbonyl (C=O) groups is 1. The third-order valence-electron chi connectivity index (χ3n) is 3.22. The molecule has 1 aromatic carbocycles. The van der Waals surface area contributed by atoms with Crippen LogP contribution >= 0.6 is 0 Å². The third-order valence-corrected chi connectivity index (χ3v) is 3.22. The van der Waals surface area contributed by atoms with Gasteiger partial charge < -0.3 is 14.7 Å². The number of morpholine rings is 1. The van der Waals surface area contributed by atoms with Crippen molar-refractivity contribution in [1.82, 2.24) is 4.90 Å². The highest BCUT2D eigenvalue weighted by Crippen LogP contribution is 2.16. The number of aliphatic hydroxyl groups excluding tert-OH is 1. The second-order valence-corrected chi connectivity index (χ2v) is 5.12. The van der Waals surface area contributed by atoms with Crippen molar-refractivity contribution >= 4 is 5.91 Å². The number of nitrogens with zero attached hydrogens (tertiary/aromatic N) is 1. The van der Waals surface area contributed by atoms with Crippen molar-refractivity contribution in [1.29, 1.82) is 0 Å². The smallest absolute Gasteiger partial charge is 0.254 e. The van der Waals surface area contributed by atoms with Gasteiger partial charge >= 0.3 is 0 Å². The van der Waals surface area contributed by atoms with Crippen molar-refractivity contribution in [3.8, 4) is 11.8 Å². The average molecular weight is 291 g/mol. The summed E-state index contributed by atoms with van der Waals surface area (Å²) in [7, 11) is 0. The van der Waals surface area contributed by atoms with Crippen LogP contribution in [0.3, 0.4) is 0 Å². The molecule has 0 saturated carbocycles. The summed E-state index contributed by atoms with van der Waals surface area (Å²) in [6.07, 6.45) is -0.0607. The number of rotatable bonds is 1. The molecule has 21 heavy (non-hydrogen) atoms. The van der Waals surface area contributed by atoms with Crippen LogP contribution in [0.1, 0.15) is 29.8 Å². The van der Waals surface area contributed by atoms with Gasteiger partial charge in [0.15, 0.2) is 0 Å². The van der Waals surface area contributed by atoms with Crippen LogP contribution in [0.4, 0.5) is 4.39 Å². The van der Waals surface area contributed by atoms with E-state index in [4.69, 9.17) is 9.84 Å². The zero-order valence-corrected chi connectivity index (χ0v) is 12.1. The van der Waals surface area contributed by atoms with Gasteiger partial charge in [0, 0.05) is 18.7 Å². The van der Waals surface area contributed by atoms with E-state index in [2.05, 4.69) is 11.8 Å². The largest absolute Gasteiger partial charge is 0.384 e. The Kier molecular flexibility index (Phi) is 4.94. The Hall–Kier alpha value is -1.90. The number of ether oxygens (including phenoxy) is 1. The molecule has 4 nitrogen and oxygen atoms in total. The van der Waals surface area contributed by atoms with Crippen LogP contribution in [0.2, 0.25) is 0 Å². The van der Waals surface area contributed by atoms with E-state index in [-0.39, 0.29) is 30.3 Å². The van der Waals surface area contributed by atoms with Crippen molar-refractivity contribution in [2.45, 2.75) is 26.1 Å². The van der Waals surface area contributed by atoms with E-state index in [0.29, 0.717) is 18.7 Å². The van der Waals surface area contributed by atoms with Crippen LogP contribution in [0, 0.1) is 17.7 Å². The molecule has 2 rings (SSSR count). The Bertz CT molecular complexity index is 581. The number of hydrogen-bond acceptors (Lipinski definition) is 3. The summed E-state index contributed by atoms with van der Waals surface area (Å²) in [6, 6.07) is 4.20. The standard InChI is InChI=1S/C16H18FNO3/c1-11-9-18(10-12(2)21-11)16(20)14-6-5-13(4-3-7-19)15(17)8-14/h5-6,8,11-12,19H,7,9-10H2,1-2H3. The van der Waals surface area contributed by atoms with Gasteiger partial charge in [-0.15, -0.1) is 0 Å². The Balaban J connectivity index is 2.18. The number of amides is 1. The van der Waals surface area contributed by atoms with Crippen LogP contribution in [0.5, 0.6) is 0 Å². The predicted molar refractivity (Wildman–Crippen MR) is 76.3 cm³/mol. The van der Waals surface area contributed by atoms with E-state index in [1.54, 1.807) is 11.0 Å². The van der Waals surface area contributed by atoms with E-state index in [9.17, 15) is 9.18 Å². The van der Waals surface area contributed by atoms with Gasteiger partial charge in [-0.25, -0.2) is 4.39 Å². The zero-order valence-electron chi connectivity index (χ0n) is 12.1. The summed E-state index contributed by atoms with van der Waals surface area (Å²) in [6.45, 7) is 4.48. The molecule has 0 spiro atoms. The van der Waals surface area contributed by atoms with Gasteiger partial charge in [0.2, 0.25) is 0 Å². The third kappa shape index (κ3) is 3.81. The van der Waals surface area contributed by atoms with E-state index in [1.807, 2.05) is 13.8 Å². The normalized spacial score (nSPS) is 21.6. The van der Waals surface area contributed by atoms with E-state index in [0.717, 1.165) is 0 Å². The maximum atomic E-state index is 13.9. The molecular weight excluding hydrogens is 273 g/mol. The zero-order chi connectivity index (χ0) is 15.4.